The van der Waals surface area contributed by atoms with Crippen molar-refractivity contribution >= 4 is 11.2 Å². The van der Waals surface area contributed by atoms with E-state index in [1.807, 2.05) is 0 Å². The number of imidazole rings is 1. The molecule has 4 nitrogen and oxygen atoms in total. The van der Waals surface area contributed by atoms with Crippen molar-refractivity contribution in [3.05, 3.63) is 54.0 Å². The topological polar surface area (TPSA) is 56.7 Å². The fraction of sp³-hybridized carbons (Fsp3) is 0.0769. The molecule has 96 valence electrons. The Labute approximate surface area is 107 Å². The van der Waals surface area contributed by atoms with Crippen molar-refractivity contribution in [2.24, 2.45) is 5.73 Å². The first-order chi connectivity index (χ1) is 9.20. The molecule has 19 heavy (non-hydrogen) atoms. The standard InChI is InChI=1S/C13H10F2N4/c14-8-3-4-11(9(15)6-8)19-12(7-16)18-10-2-1-5-17-13(10)19/h1-6H,7,16H2. The zero-order chi connectivity index (χ0) is 13.4. The summed E-state index contributed by atoms with van der Waals surface area (Å²) >= 11 is 0. The third-order valence-electron chi connectivity index (χ3n) is 2.82. The van der Waals surface area contributed by atoms with Crippen LogP contribution in [0.1, 0.15) is 5.82 Å². The summed E-state index contributed by atoms with van der Waals surface area (Å²) in [5, 5.41) is 0. The third-order valence-corrected chi connectivity index (χ3v) is 2.82. The average molecular weight is 260 g/mol. The highest BCUT2D eigenvalue weighted by molar-refractivity contribution is 5.73. The SMILES string of the molecule is NCc1nc2cccnc2n1-c1ccc(F)cc1F. The molecule has 0 atom stereocenters. The van der Waals surface area contributed by atoms with Gasteiger partial charge in [-0.05, 0) is 24.3 Å². The fourth-order valence-electron chi connectivity index (χ4n) is 2.01. The number of aromatic nitrogens is 3. The monoisotopic (exact) mass is 260 g/mol. The van der Waals surface area contributed by atoms with Crippen molar-refractivity contribution < 1.29 is 8.78 Å². The van der Waals surface area contributed by atoms with Gasteiger partial charge in [-0.3, -0.25) is 4.57 Å². The highest BCUT2D eigenvalue weighted by Crippen LogP contribution is 2.22. The van der Waals surface area contributed by atoms with Gasteiger partial charge < -0.3 is 5.73 Å². The molecule has 3 aromatic rings. The van der Waals surface area contributed by atoms with E-state index in [1.165, 1.54) is 16.7 Å². The maximum absolute atomic E-state index is 13.9. The Hall–Kier alpha value is -2.34. The first kappa shape index (κ1) is 11.7. The van der Waals surface area contributed by atoms with E-state index in [1.54, 1.807) is 18.3 Å². The van der Waals surface area contributed by atoms with Crippen LogP contribution in [0.3, 0.4) is 0 Å². The van der Waals surface area contributed by atoms with Gasteiger partial charge in [0.25, 0.3) is 0 Å². The van der Waals surface area contributed by atoms with Crippen molar-refractivity contribution in [2.75, 3.05) is 0 Å². The second kappa shape index (κ2) is 4.40. The first-order valence-corrected chi connectivity index (χ1v) is 5.68. The lowest BCUT2D eigenvalue weighted by molar-refractivity contribution is 0.577. The molecule has 0 saturated carbocycles. The number of benzene rings is 1. The zero-order valence-corrected chi connectivity index (χ0v) is 9.85. The van der Waals surface area contributed by atoms with Crippen molar-refractivity contribution in [2.45, 2.75) is 6.54 Å². The van der Waals surface area contributed by atoms with E-state index < -0.39 is 11.6 Å². The minimum absolute atomic E-state index is 0.132. The second-order valence-electron chi connectivity index (χ2n) is 4.01. The predicted molar refractivity (Wildman–Crippen MR) is 66.7 cm³/mol. The van der Waals surface area contributed by atoms with Gasteiger partial charge in [0.2, 0.25) is 0 Å². The summed E-state index contributed by atoms with van der Waals surface area (Å²) in [7, 11) is 0. The third kappa shape index (κ3) is 1.86. The Kier molecular flexibility index (Phi) is 2.72. The summed E-state index contributed by atoms with van der Waals surface area (Å²) in [6, 6.07) is 6.86. The van der Waals surface area contributed by atoms with Crippen LogP contribution in [0, 0.1) is 11.6 Å². The number of rotatable bonds is 2. The lowest BCUT2D eigenvalue weighted by Gasteiger charge is -2.08. The highest BCUT2D eigenvalue weighted by Gasteiger charge is 2.15. The molecule has 0 unspecified atom stereocenters. The molecule has 0 saturated heterocycles. The summed E-state index contributed by atoms with van der Waals surface area (Å²) in [6.45, 7) is 0.132. The number of hydrogen-bond acceptors (Lipinski definition) is 3. The summed E-state index contributed by atoms with van der Waals surface area (Å²) in [4.78, 5) is 8.46. The largest absolute Gasteiger partial charge is 0.324 e. The molecule has 0 aliphatic rings. The number of pyridine rings is 1. The van der Waals surface area contributed by atoms with Gasteiger partial charge in [0.1, 0.15) is 23.0 Å². The first-order valence-electron chi connectivity index (χ1n) is 5.68. The van der Waals surface area contributed by atoms with Crippen LogP contribution in [-0.2, 0) is 6.54 Å². The van der Waals surface area contributed by atoms with Crippen molar-refractivity contribution in [1.82, 2.24) is 14.5 Å². The minimum atomic E-state index is -0.681. The Morgan fingerprint density at radius 3 is 2.79 bits per heavy atom. The van der Waals surface area contributed by atoms with E-state index in [4.69, 9.17) is 5.73 Å². The molecule has 1 aromatic carbocycles. The predicted octanol–water partition coefficient (Wildman–Crippen LogP) is 2.16. The van der Waals surface area contributed by atoms with Crippen molar-refractivity contribution in [3.63, 3.8) is 0 Å². The molecule has 0 spiro atoms. The van der Waals surface area contributed by atoms with Gasteiger partial charge in [-0.15, -0.1) is 0 Å². The lowest BCUT2D eigenvalue weighted by Crippen LogP contribution is -2.08. The van der Waals surface area contributed by atoms with Gasteiger partial charge in [0.15, 0.2) is 5.65 Å². The fourth-order valence-corrected chi connectivity index (χ4v) is 2.01. The zero-order valence-electron chi connectivity index (χ0n) is 9.85. The average Bonchev–Trinajstić information content (AvgIpc) is 2.77. The molecule has 3 rings (SSSR count). The number of hydrogen-bond donors (Lipinski definition) is 1. The van der Waals surface area contributed by atoms with Crippen LogP contribution in [-0.4, -0.2) is 14.5 Å². The number of halogens is 2. The van der Waals surface area contributed by atoms with Crippen LogP contribution in [0.2, 0.25) is 0 Å². The maximum atomic E-state index is 13.9. The Morgan fingerprint density at radius 1 is 1.21 bits per heavy atom. The van der Waals surface area contributed by atoms with E-state index in [-0.39, 0.29) is 12.2 Å². The second-order valence-corrected chi connectivity index (χ2v) is 4.01. The molecule has 2 N–H and O–H groups in total. The summed E-state index contributed by atoms with van der Waals surface area (Å²) in [5.74, 6) is -0.841. The van der Waals surface area contributed by atoms with Gasteiger partial charge in [0, 0.05) is 12.3 Å². The molecule has 0 amide bonds. The van der Waals surface area contributed by atoms with Gasteiger partial charge in [-0.2, -0.15) is 0 Å². The molecule has 0 radical (unpaired) electrons. The van der Waals surface area contributed by atoms with E-state index in [0.29, 0.717) is 17.0 Å². The van der Waals surface area contributed by atoms with E-state index in [9.17, 15) is 8.78 Å². The van der Waals surface area contributed by atoms with E-state index in [2.05, 4.69) is 9.97 Å². The van der Waals surface area contributed by atoms with Crippen LogP contribution in [0.25, 0.3) is 16.9 Å². The summed E-state index contributed by atoms with van der Waals surface area (Å²) in [5.41, 5.74) is 6.92. The van der Waals surface area contributed by atoms with Crippen molar-refractivity contribution in [1.29, 1.82) is 0 Å². The van der Waals surface area contributed by atoms with E-state index >= 15 is 0 Å². The van der Waals surface area contributed by atoms with Gasteiger partial charge in [-0.1, -0.05) is 0 Å². The lowest BCUT2D eigenvalue weighted by atomic mass is 10.3. The summed E-state index contributed by atoms with van der Waals surface area (Å²) in [6.07, 6.45) is 1.59. The number of nitrogens with two attached hydrogens (primary N) is 1. The normalized spacial score (nSPS) is 11.1. The number of nitrogens with zero attached hydrogens (tertiary/aromatic N) is 3. The molecule has 0 bridgehead atoms. The van der Waals surface area contributed by atoms with Crippen LogP contribution in [0.15, 0.2) is 36.5 Å². The Bertz CT molecular complexity index is 751. The van der Waals surface area contributed by atoms with Crippen LogP contribution < -0.4 is 5.73 Å². The highest BCUT2D eigenvalue weighted by atomic mass is 19.1. The summed E-state index contributed by atoms with van der Waals surface area (Å²) < 4.78 is 28.4. The molecule has 2 aromatic heterocycles. The van der Waals surface area contributed by atoms with Crippen LogP contribution in [0.4, 0.5) is 8.78 Å². The molecule has 2 heterocycles. The molecule has 0 aliphatic heterocycles. The smallest absolute Gasteiger partial charge is 0.164 e. The Morgan fingerprint density at radius 2 is 2.05 bits per heavy atom. The van der Waals surface area contributed by atoms with Crippen LogP contribution in [0.5, 0.6) is 0 Å². The number of fused-ring (bicyclic) bond motifs is 1. The van der Waals surface area contributed by atoms with Gasteiger partial charge in [-0.25, -0.2) is 18.7 Å². The molecule has 0 fully saturated rings. The van der Waals surface area contributed by atoms with E-state index in [0.717, 1.165) is 6.07 Å². The molecular formula is C13H10F2N4. The minimum Gasteiger partial charge on any atom is -0.324 e. The molecule has 0 aliphatic carbocycles. The van der Waals surface area contributed by atoms with Gasteiger partial charge >= 0.3 is 0 Å². The molecular weight excluding hydrogens is 250 g/mol. The van der Waals surface area contributed by atoms with Crippen molar-refractivity contribution in [3.8, 4) is 5.69 Å². The quantitative estimate of drug-likeness (QED) is 0.768. The molecule has 6 heteroatoms. The van der Waals surface area contributed by atoms with Gasteiger partial charge in [0.05, 0.1) is 12.2 Å². The maximum Gasteiger partial charge on any atom is 0.164 e. The Balaban J connectivity index is 2.34. The van der Waals surface area contributed by atoms with Crippen LogP contribution >= 0.6 is 0 Å².